The lowest BCUT2D eigenvalue weighted by molar-refractivity contribution is -0.137. The molecule has 0 bridgehead atoms. The average molecular weight is 446 g/mol. The summed E-state index contributed by atoms with van der Waals surface area (Å²) < 4.78 is 65.5. The van der Waals surface area contributed by atoms with Crippen LogP contribution in [-0.2, 0) is 21.0 Å². The molecule has 0 unspecified atom stereocenters. The van der Waals surface area contributed by atoms with Gasteiger partial charge in [-0.2, -0.15) is 13.2 Å². The Bertz CT molecular complexity index is 1190. The summed E-state index contributed by atoms with van der Waals surface area (Å²) in [6.07, 6.45) is -1.61. The monoisotopic (exact) mass is 446 g/mol. The molecule has 0 radical (unpaired) electrons. The number of hydrogen-bond donors (Lipinski definition) is 2. The Labute approximate surface area is 177 Å². The van der Waals surface area contributed by atoms with E-state index in [2.05, 4.69) is 10.0 Å². The first-order valence-electron chi connectivity index (χ1n) is 8.98. The highest BCUT2D eigenvalue weighted by Crippen LogP contribution is 2.31. The van der Waals surface area contributed by atoms with Crippen molar-refractivity contribution in [3.63, 3.8) is 0 Å². The molecule has 0 saturated heterocycles. The summed E-state index contributed by atoms with van der Waals surface area (Å²) in [6, 6.07) is 18.4. The van der Waals surface area contributed by atoms with Crippen molar-refractivity contribution in [2.24, 2.45) is 0 Å². The predicted molar refractivity (Wildman–Crippen MR) is 113 cm³/mol. The fourth-order valence-electron chi connectivity index (χ4n) is 2.61. The van der Waals surface area contributed by atoms with Crippen LogP contribution in [0.2, 0.25) is 0 Å². The van der Waals surface area contributed by atoms with Crippen LogP contribution in [0.1, 0.15) is 11.1 Å². The molecule has 0 fully saturated rings. The molecule has 0 aliphatic heterocycles. The van der Waals surface area contributed by atoms with E-state index in [0.717, 1.165) is 17.7 Å². The van der Waals surface area contributed by atoms with Gasteiger partial charge in [0, 0.05) is 17.5 Å². The number of anilines is 2. The number of hydrogen-bond acceptors (Lipinski definition) is 3. The maximum absolute atomic E-state index is 12.8. The minimum atomic E-state index is -4.59. The zero-order valence-corrected chi connectivity index (χ0v) is 16.7. The lowest BCUT2D eigenvalue weighted by Gasteiger charge is -2.11. The Morgan fingerprint density at radius 1 is 0.839 bits per heavy atom. The van der Waals surface area contributed by atoms with E-state index in [1.807, 2.05) is 30.3 Å². The fraction of sp³-hybridized carbons (Fsp3) is 0.0455. The number of carbonyl (C=O) groups is 1. The summed E-state index contributed by atoms with van der Waals surface area (Å²) in [5.41, 5.74) is 0.0352. The number of sulfonamides is 1. The quantitative estimate of drug-likeness (QED) is 0.514. The number of halogens is 3. The van der Waals surface area contributed by atoms with Gasteiger partial charge in [0.2, 0.25) is 5.91 Å². The van der Waals surface area contributed by atoms with Crippen molar-refractivity contribution in [2.75, 3.05) is 10.0 Å². The van der Waals surface area contributed by atoms with Gasteiger partial charge >= 0.3 is 6.18 Å². The molecule has 0 aliphatic carbocycles. The molecule has 0 atom stereocenters. The lowest BCUT2D eigenvalue weighted by atomic mass is 10.2. The molecular weight excluding hydrogens is 429 g/mol. The van der Waals surface area contributed by atoms with Crippen LogP contribution in [0, 0.1) is 0 Å². The van der Waals surface area contributed by atoms with Crippen molar-refractivity contribution in [2.45, 2.75) is 11.1 Å². The number of amides is 1. The zero-order valence-electron chi connectivity index (χ0n) is 15.9. The van der Waals surface area contributed by atoms with Gasteiger partial charge in [-0.15, -0.1) is 0 Å². The predicted octanol–water partition coefficient (Wildman–Crippen LogP) is 5.16. The van der Waals surface area contributed by atoms with E-state index in [-0.39, 0.29) is 10.6 Å². The maximum Gasteiger partial charge on any atom is 0.416 e. The van der Waals surface area contributed by atoms with Crippen molar-refractivity contribution in [3.05, 3.63) is 96.1 Å². The van der Waals surface area contributed by atoms with Crippen LogP contribution in [0.25, 0.3) is 6.08 Å². The lowest BCUT2D eigenvalue weighted by Crippen LogP contribution is -2.14. The minimum Gasteiger partial charge on any atom is -0.323 e. The van der Waals surface area contributed by atoms with Crippen LogP contribution in [0.3, 0.4) is 0 Å². The molecule has 1 amide bonds. The first-order chi connectivity index (χ1) is 14.6. The molecule has 31 heavy (non-hydrogen) atoms. The molecule has 0 aromatic heterocycles. The zero-order chi connectivity index (χ0) is 22.5. The van der Waals surface area contributed by atoms with E-state index in [1.54, 1.807) is 6.08 Å². The van der Waals surface area contributed by atoms with Gasteiger partial charge in [0.05, 0.1) is 10.5 Å². The molecule has 3 aromatic carbocycles. The smallest absolute Gasteiger partial charge is 0.323 e. The summed E-state index contributed by atoms with van der Waals surface area (Å²) in [5.74, 6) is -0.401. The summed E-state index contributed by atoms with van der Waals surface area (Å²) >= 11 is 0. The van der Waals surface area contributed by atoms with Gasteiger partial charge in [0.1, 0.15) is 0 Å². The van der Waals surface area contributed by atoms with Crippen LogP contribution in [-0.4, -0.2) is 14.3 Å². The topological polar surface area (TPSA) is 75.3 Å². The number of carbonyl (C=O) groups excluding carboxylic acids is 1. The van der Waals surface area contributed by atoms with Crippen molar-refractivity contribution in [1.29, 1.82) is 0 Å². The number of benzene rings is 3. The van der Waals surface area contributed by atoms with Crippen LogP contribution < -0.4 is 10.0 Å². The number of nitrogens with one attached hydrogen (secondary N) is 2. The van der Waals surface area contributed by atoms with Crippen molar-refractivity contribution in [1.82, 2.24) is 0 Å². The molecule has 3 aromatic rings. The third-order valence-corrected chi connectivity index (χ3v) is 5.50. The van der Waals surface area contributed by atoms with E-state index in [9.17, 15) is 26.4 Å². The van der Waals surface area contributed by atoms with Gasteiger partial charge in [-0.05, 0) is 54.1 Å². The second-order valence-corrected chi connectivity index (χ2v) is 8.12. The van der Waals surface area contributed by atoms with Crippen molar-refractivity contribution < 1.29 is 26.4 Å². The molecule has 0 aliphatic rings. The standard InChI is InChI=1S/C22H17F3N2O3S/c23-22(24,25)17-7-4-8-19(15-17)27-31(29,30)20-12-10-18(11-13-20)26-21(28)14-9-16-5-2-1-3-6-16/h1-15,27H,(H,26,28)/b14-9+. The van der Waals surface area contributed by atoms with E-state index < -0.39 is 27.7 Å². The largest absolute Gasteiger partial charge is 0.416 e. The first-order valence-corrected chi connectivity index (χ1v) is 10.5. The third-order valence-electron chi connectivity index (χ3n) is 4.10. The second kappa shape index (κ2) is 9.05. The molecule has 160 valence electrons. The summed E-state index contributed by atoms with van der Waals surface area (Å²) in [7, 11) is -4.11. The first kappa shape index (κ1) is 22.1. The molecule has 0 heterocycles. The average Bonchev–Trinajstić information content (AvgIpc) is 2.73. The Kier molecular flexibility index (Phi) is 6.45. The van der Waals surface area contributed by atoms with E-state index in [1.165, 1.54) is 36.4 Å². The molecule has 0 saturated carbocycles. The Morgan fingerprint density at radius 2 is 1.52 bits per heavy atom. The van der Waals surface area contributed by atoms with E-state index >= 15 is 0 Å². The van der Waals surface area contributed by atoms with Gasteiger partial charge in [-0.3, -0.25) is 9.52 Å². The van der Waals surface area contributed by atoms with E-state index in [4.69, 9.17) is 0 Å². The molecule has 5 nitrogen and oxygen atoms in total. The van der Waals surface area contributed by atoms with E-state index in [0.29, 0.717) is 11.8 Å². The Balaban J connectivity index is 1.67. The van der Waals surface area contributed by atoms with Gasteiger partial charge in [0.15, 0.2) is 0 Å². The normalized spacial score (nSPS) is 12.0. The van der Waals surface area contributed by atoms with Crippen LogP contribution in [0.4, 0.5) is 24.5 Å². The molecule has 2 N–H and O–H groups in total. The Hall–Kier alpha value is -3.59. The summed E-state index contributed by atoms with van der Waals surface area (Å²) in [6.45, 7) is 0. The highest BCUT2D eigenvalue weighted by Gasteiger charge is 2.30. The van der Waals surface area contributed by atoms with Gasteiger partial charge in [-0.25, -0.2) is 8.42 Å². The second-order valence-electron chi connectivity index (χ2n) is 6.44. The van der Waals surface area contributed by atoms with Crippen LogP contribution in [0.15, 0.2) is 89.8 Å². The van der Waals surface area contributed by atoms with Crippen LogP contribution >= 0.6 is 0 Å². The van der Waals surface area contributed by atoms with Crippen LogP contribution in [0.5, 0.6) is 0 Å². The summed E-state index contributed by atoms with van der Waals surface area (Å²) in [4.78, 5) is 11.8. The van der Waals surface area contributed by atoms with Gasteiger partial charge in [-0.1, -0.05) is 36.4 Å². The molecule has 0 spiro atoms. The highest BCUT2D eigenvalue weighted by atomic mass is 32.2. The fourth-order valence-corrected chi connectivity index (χ4v) is 3.66. The SMILES string of the molecule is O=C(/C=C/c1ccccc1)Nc1ccc(S(=O)(=O)Nc2cccc(C(F)(F)F)c2)cc1. The Morgan fingerprint density at radius 3 is 2.16 bits per heavy atom. The van der Waals surface area contributed by atoms with Gasteiger partial charge in [0.25, 0.3) is 10.0 Å². The van der Waals surface area contributed by atoms with Gasteiger partial charge < -0.3 is 5.32 Å². The molecule has 9 heteroatoms. The molecule has 3 rings (SSSR count). The van der Waals surface area contributed by atoms with Crippen molar-refractivity contribution >= 4 is 33.4 Å². The summed E-state index contributed by atoms with van der Waals surface area (Å²) in [5, 5.41) is 2.60. The number of rotatable bonds is 6. The highest BCUT2D eigenvalue weighted by molar-refractivity contribution is 7.92. The number of alkyl halides is 3. The minimum absolute atomic E-state index is 0.164. The maximum atomic E-state index is 12.8. The van der Waals surface area contributed by atoms with Crippen molar-refractivity contribution in [3.8, 4) is 0 Å². The third kappa shape index (κ3) is 6.19. The molecular formula is C22H17F3N2O3S.